The van der Waals surface area contributed by atoms with E-state index in [1.807, 2.05) is 54.3 Å². The zero-order valence-electron chi connectivity index (χ0n) is 21.7. The number of carbonyl (C=O) groups is 2. The van der Waals surface area contributed by atoms with Gasteiger partial charge in [-0.15, -0.1) is 11.3 Å². The minimum atomic E-state index is -0.175. The second-order valence-corrected chi connectivity index (χ2v) is 10.8. The minimum Gasteiger partial charge on any atom is -0.491 e. The van der Waals surface area contributed by atoms with Gasteiger partial charge in [-0.2, -0.15) is 0 Å². The minimum absolute atomic E-state index is 0.0336. The molecule has 1 aliphatic heterocycles. The normalized spacial score (nSPS) is 15.8. The van der Waals surface area contributed by atoms with Gasteiger partial charge in [-0.25, -0.2) is 0 Å². The Labute approximate surface area is 218 Å². The second-order valence-electron chi connectivity index (χ2n) is 9.80. The molecule has 1 aromatic heterocycles. The van der Waals surface area contributed by atoms with E-state index >= 15 is 0 Å². The third-order valence-corrected chi connectivity index (χ3v) is 8.00. The van der Waals surface area contributed by atoms with Crippen LogP contribution in [0.15, 0.2) is 60.0 Å². The standard InChI is InChI=1S/C30H36N2O3S/c1-5-21(2)18-31(30(34)24-9-7-6-8-10-24)19-29(33)32-15-13-28-25(14-16-36-28)26(32)20-35-27-12-11-22(3)17-23(27)4/h6-12,14,16-17,21,26H,5,13,15,18-20H2,1-4H3. The first-order valence-corrected chi connectivity index (χ1v) is 13.7. The fourth-order valence-corrected chi connectivity index (χ4v) is 5.67. The van der Waals surface area contributed by atoms with Crippen LogP contribution < -0.4 is 4.74 Å². The molecule has 2 amide bonds. The summed E-state index contributed by atoms with van der Waals surface area (Å²) in [6.45, 7) is 9.98. The van der Waals surface area contributed by atoms with Gasteiger partial charge in [-0.3, -0.25) is 9.59 Å². The summed E-state index contributed by atoms with van der Waals surface area (Å²) in [5.41, 5.74) is 4.05. The van der Waals surface area contributed by atoms with Gasteiger partial charge in [0.2, 0.25) is 5.91 Å². The van der Waals surface area contributed by atoms with E-state index in [9.17, 15) is 9.59 Å². The number of hydrogen-bond acceptors (Lipinski definition) is 4. The van der Waals surface area contributed by atoms with Gasteiger partial charge in [0.15, 0.2) is 0 Å². The molecule has 2 atom stereocenters. The Bertz CT molecular complexity index is 1190. The molecule has 0 spiro atoms. The molecule has 36 heavy (non-hydrogen) atoms. The van der Waals surface area contributed by atoms with Crippen molar-refractivity contribution in [3.63, 3.8) is 0 Å². The van der Waals surface area contributed by atoms with Crippen molar-refractivity contribution in [1.82, 2.24) is 9.80 Å². The lowest BCUT2D eigenvalue weighted by Crippen LogP contribution is -2.48. The van der Waals surface area contributed by atoms with Crippen LogP contribution in [0.5, 0.6) is 5.75 Å². The fourth-order valence-electron chi connectivity index (χ4n) is 4.75. The highest BCUT2D eigenvalue weighted by atomic mass is 32.1. The van der Waals surface area contributed by atoms with Gasteiger partial charge >= 0.3 is 0 Å². The molecular weight excluding hydrogens is 468 g/mol. The van der Waals surface area contributed by atoms with Crippen LogP contribution in [0.1, 0.15) is 58.2 Å². The maximum absolute atomic E-state index is 13.8. The Kier molecular flexibility index (Phi) is 8.47. The van der Waals surface area contributed by atoms with Crippen LogP contribution in [-0.4, -0.2) is 47.9 Å². The lowest BCUT2D eigenvalue weighted by Gasteiger charge is -2.37. The maximum Gasteiger partial charge on any atom is 0.254 e. The number of rotatable bonds is 9. The number of amides is 2. The van der Waals surface area contributed by atoms with E-state index in [1.165, 1.54) is 10.4 Å². The molecule has 0 radical (unpaired) electrons. The van der Waals surface area contributed by atoms with Gasteiger partial charge in [0, 0.05) is 23.5 Å². The van der Waals surface area contributed by atoms with Crippen LogP contribution in [-0.2, 0) is 11.2 Å². The van der Waals surface area contributed by atoms with E-state index in [4.69, 9.17) is 4.74 Å². The van der Waals surface area contributed by atoms with E-state index < -0.39 is 0 Å². The molecule has 5 nitrogen and oxygen atoms in total. The number of ether oxygens (including phenoxy) is 1. The van der Waals surface area contributed by atoms with Crippen molar-refractivity contribution in [2.24, 2.45) is 5.92 Å². The number of hydrogen-bond donors (Lipinski definition) is 0. The summed E-state index contributed by atoms with van der Waals surface area (Å²) in [6, 6.07) is 17.3. The second kappa shape index (κ2) is 11.7. The molecule has 4 rings (SSSR count). The van der Waals surface area contributed by atoms with Crippen molar-refractivity contribution < 1.29 is 14.3 Å². The summed E-state index contributed by atoms with van der Waals surface area (Å²) >= 11 is 1.74. The number of benzene rings is 2. The highest BCUT2D eigenvalue weighted by molar-refractivity contribution is 7.10. The molecule has 2 aromatic carbocycles. The zero-order valence-corrected chi connectivity index (χ0v) is 22.5. The molecule has 0 N–H and O–H groups in total. The molecule has 3 aromatic rings. The summed E-state index contributed by atoms with van der Waals surface area (Å²) in [5.74, 6) is 1.01. The van der Waals surface area contributed by atoms with E-state index in [0.29, 0.717) is 31.2 Å². The quantitative estimate of drug-likeness (QED) is 0.356. The summed E-state index contributed by atoms with van der Waals surface area (Å²) < 4.78 is 6.27. The largest absolute Gasteiger partial charge is 0.491 e. The predicted molar refractivity (Wildman–Crippen MR) is 146 cm³/mol. The van der Waals surface area contributed by atoms with E-state index in [1.54, 1.807) is 16.2 Å². The van der Waals surface area contributed by atoms with Crippen LogP contribution in [0.3, 0.4) is 0 Å². The van der Waals surface area contributed by atoms with Gasteiger partial charge in [0.05, 0.1) is 6.04 Å². The summed E-state index contributed by atoms with van der Waals surface area (Å²) in [4.78, 5) is 32.1. The molecule has 0 saturated heterocycles. The Balaban J connectivity index is 1.55. The molecule has 0 bridgehead atoms. The van der Waals surface area contributed by atoms with Crippen molar-refractivity contribution in [2.75, 3.05) is 26.2 Å². The average Bonchev–Trinajstić information content (AvgIpc) is 3.37. The first-order valence-electron chi connectivity index (χ1n) is 12.8. The molecule has 190 valence electrons. The number of aryl methyl sites for hydroxylation is 2. The Morgan fingerprint density at radius 1 is 1.14 bits per heavy atom. The molecular formula is C30H36N2O3S. The number of fused-ring (bicyclic) bond motifs is 1. The summed E-state index contributed by atoms with van der Waals surface area (Å²) in [6.07, 6.45) is 1.78. The smallest absolute Gasteiger partial charge is 0.254 e. The van der Waals surface area contributed by atoms with Crippen LogP contribution in [0.2, 0.25) is 0 Å². The molecule has 1 aliphatic rings. The molecule has 2 unspecified atom stereocenters. The topological polar surface area (TPSA) is 49.9 Å². The number of nitrogens with zero attached hydrogens (tertiary/aromatic N) is 2. The molecule has 0 saturated carbocycles. The highest BCUT2D eigenvalue weighted by Gasteiger charge is 2.34. The molecule has 0 fully saturated rings. The van der Waals surface area contributed by atoms with Crippen LogP contribution >= 0.6 is 11.3 Å². The van der Waals surface area contributed by atoms with Gasteiger partial charge in [0.25, 0.3) is 5.91 Å². The third kappa shape index (κ3) is 5.98. The van der Waals surface area contributed by atoms with Crippen molar-refractivity contribution in [1.29, 1.82) is 0 Å². The first-order chi connectivity index (χ1) is 17.4. The van der Waals surface area contributed by atoms with Gasteiger partial charge in [-0.1, -0.05) is 56.2 Å². The van der Waals surface area contributed by atoms with E-state index in [2.05, 4.69) is 38.3 Å². The van der Waals surface area contributed by atoms with Crippen molar-refractivity contribution in [3.05, 3.63) is 87.1 Å². The van der Waals surface area contributed by atoms with Crippen molar-refractivity contribution in [2.45, 2.75) is 46.6 Å². The lowest BCUT2D eigenvalue weighted by atomic mass is 10.00. The monoisotopic (exact) mass is 504 g/mol. The third-order valence-electron chi connectivity index (χ3n) is 7.01. The fraction of sp³-hybridized carbons (Fsp3) is 0.400. The molecule has 2 heterocycles. The Morgan fingerprint density at radius 2 is 1.92 bits per heavy atom. The first kappa shape index (κ1) is 26.0. The van der Waals surface area contributed by atoms with Crippen molar-refractivity contribution >= 4 is 23.2 Å². The summed E-state index contributed by atoms with van der Waals surface area (Å²) in [7, 11) is 0. The Hall–Kier alpha value is -3.12. The predicted octanol–water partition coefficient (Wildman–Crippen LogP) is 6.06. The van der Waals surface area contributed by atoms with E-state index in [-0.39, 0.29) is 24.4 Å². The zero-order chi connectivity index (χ0) is 25.7. The van der Waals surface area contributed by atoms with Crippen LogP contribution in [0.25, 0.3) is 0 Å². The average molecular weight is 505 g/mol. The molecule has 0 aliphatic carbocycles. The van der Waals surface area contributed by atoms with Crippen LogP contribution in [0, 0.1) is 19.8 Å². The van der Waals surface area contributed by atoms with Gasteiger partial charge < -0.3 is 14.5 Å². The number of thiophene rings is 1. The van der Waals surface area contributed by atoms with E-state index in [0.717, 1.165) is 29.7 Å². The number of carbonyl (C=O) groups excluding carboxylic acids is 2. The van der Waals surface area contributed by atoms with Gasteiger partial charge in [0.1, 0.15) is 18.9 Å². The van der Waals surface area contributed by atoms with Gasteiger partial charge in [-0.05, 0) is 67.0 Å². The summed E-state index contributed by atoms with van der Waals surface area (Å²) in [5, 5.41) is 2.09. The molecule has 6 heteroatoms. The SMILES string of the molecule is CCC(C)CN(CC(=O)N1CCc2sccc2C1COc1ccc(C)cc1C)C(=O)c1ccccc1. The van der Waals surface area contributed by atoms with Crippen LogP contribution in [0.4, 0.5) is 0 Å². The lowest BCUT2D eigenvalue weighted by molar-refractivity contribution is -0.135. The maximum atomic E-state index is 13.8. The Morgan fingerprint density at radius 3 is 2.64 bits per heavy atom. The highest BCUT2D eigenvalue weighted by Crippen LogP contribution is 2.34. The van der Waals surface area contributed by atoms with Crippen molar-refractivity contribution in [3.8, 4) is 5.75 Å².